The molecular formula is C18H25NO5. The van der Waals surface area contributed by atoms with Crippen LogP contribution in [0.1, 0.15) is 31.7 Å². The lowest BCUT2D eigenvalue weighted by Crippen LogP contribution is -2.39. The van der Waals surface area contributed by atoms with Gasteiger partial charge in [-0.05, 0) is 37.5 Å². The van der Waals surface area contributed by atoms with Gasteiger partial charge in [-0.1, -0.05) is 12.1 Å². The van der Waals surface area contributed by atoms with E-state index in [0.717, 1.165) is 24.2 Å². The summed E-state index contributed by atoms with van der Waals surface area (Å²) < 4.78 is 15.6. The molecule has 0 aromatic heterocycles. The number of hydrogen-bond donors (Lipinski definition) is 0. The quantitative estimate of drug-likeness (QED) is 0.681. The van der Waals surface area contributed by atoms with E-state index < -0.39 is 6.10 Å². The predicted molar refractivity (Wildman–Crippen MR) is 88.6 cm³/mol. The fraction of sp³-hybridized carbons (Fsp3) is 0.556. The van der Waals surface area contributed by atoms with E-state index in [9.17, 15) is 9.59 Å². The van der Waals surface area contributed by atoms with Crippen molar-refractivity contribution < 1.29 is 23.8 Å². The van der Waals surface area contributed by atoms with Crippen molar-refractivity contribution in [3.05, 3.63) is 29.8 Å². The lowest BCUT2D eigenvalue weighted by atomic mass is 10.1. The molecular weight excluding hydrogens is 310 g/mol. The first-order chi connectivity index (χ1) is 11.6. The lowest BCUT2D eigenvalue weighted by molar-refractivity contribution is -0.146. The van der Waals surface area contributed by atoms with Gasteiger partial charge in [0.1, 0.15) is 11.9 Å². The number of ether oxygens (including phenoxy) is 3. The number of esters is 1. The summed E-state index contributed by atoms with van der Waals surface area (Å²) in [4.78, 5) is 26.0. The third kappa shape index (κ3) is 5.23. The van der Waals surface area contributed by atoms with Crippen molar-refractivity contribution in [2.75, 3.05) is 26.9 Å². The molecule has 1 unspecified atom stereocenters. The average Bonchev–Trinajstić information content (AvgIpc) is 3.13. The van der Waals surface area contributed by atoms with Gasteiger partial charge in [0.15, 0.2) is 0 Å². The zero-order valence-electron chi connectivity index (χ0n) is 14.3. The fourth-order valence-corrected chi connectivity index (χ4v) is 2.65. The minimum absolute atomic E-state index is 0.0624. The smallest absolute Gasteiger partial charge is 0.307 e. The van der Waals surface area contributed by atoms with Crippen LogP contribution in [0.5, 0.6) is 5.75 Å². The van der Waals surface area contributed by atoms with Crippen LogP contribution in [-0.2, 0) is 25.6 Å². The van der Waals surface area contributed by atoms with E-state index >= 15 is 0 Å². The summed E-state index contributed by atoms with van der Waals surface area (Å²) in [6.45, 7) is 3.48. The Balaban J connectivity index is 2.02. The van der Waals surface area contributed by atoms with Crippen LogP contribution in [0.15, 0.2) is 24.3 Å². The van der Waals surface area contributed by atoms with Crippen LogP contribution in [0, 0.1) is 0 Å². The molecule has 6 heteroatoms. The van der Waals surface area contributed by atoms with Crippen LogP contribution in [-0.4, -0.2) is 49.7 Å². The van der Waals surface area contributed by atoms with Gasteiger partial charge in [-0.3, -0.25) is 9.59 Å². The van der Waals surface area contributed by atoms with Gasteiger partial charge in [-0.2, -0.15) is 0 Å². The van der Waals surface area contributed by atoms with Crippen LogP contribution >= 0.6 is 0 Å². The molecule has 1 aromatic rings. The Hall–Kier alpha value is -2.08. The summed E-state index contributed by atoms with van der Waals surface area (Å²) in [5.74, 6) is 0.410. The Morgan fingerprint density at radius 1 is 1.29 bits per heavy atom. The summed E-state index contributed by atoms with van der Waals surface area (Å²) in [5, 5.41) is 0. The molecule has 1 atom stereocenters. The van der Waals surface area contributed by atoms with Crippen molar-refractivity contribution in [3.63, 3.8) is 0 Å². The van der Waals surface area contributed by atoms with E-state index in [2.05, 4.69) is 0 Å². The molecule has 1 aliphatic heterocycles. The molecule has 132 valence electrons. The van der Waals surface area contributed by atoms with Gasteiger partial charge in [-0.25, -0.2) is 0 Å². The molecule has 2 rings (SSSR count). The van der Waals surface area contributed by atoms with Crippen LogP contribution in [0.4, 0.5) is 0 Å². The number of methoxy groups -OCH3 is 1. The van der Waals surface area contributed by atoms with E-state index in [-0.39, 0.29) is 18.3 Å². The van der Waals surface area contributed by atoms with Gasteiger partial charge < -0.3 is 19.1 Å². The van der Waals surface area contributed by atoms with Crippen LogP contribution in [0.2, 0.25) is 0 Å². The topological polar surface area (TPSA) is 65.1 Å². The molecule has 6 nitrogen and oxygen atoms in total. The van der Waals surface area contributed by atoms with Crippen molar-refractivity contribution in [2.24, 2.45) is 0 Å². The molecule has 1 amide bonds. The van der Waals surface area contributed by atoms with Gasteiger partial charge >= 0.3 is 5.97 Å². The molecule has 1 aliphatic rings. The Kier molecular flexibility index (Phi) is 7.06. The molecule has 0 saturated carbocycles. The Bertz CT molecular complexity index is 537. The molecule has 1 fully saturated rings. The molecule has 0 bridgehead atoms. The van der Waals surface area contributed by atoms with Crippen molar-refractivity contribution in [3.8, 4) is 5.75 Å². The standard InChI is InChI=1S/C18H25NO5/c1-3-23-17(20)10-11-19(18(21)16-5-4-12-24-16)13-14-6-8-15(22-2)9-7-14/h6-9,16H,3-5,10-13H2,1-2H3. The second kappa shape index (κ2) is 9.27. The monoisotopic (exact) mass is 335 g/mol. The predicted octanol–water partition coefficient (Wildman–Crippen LogP) is 2.16. The second-order valence-corrected chi connectivity index (χ2v) is 5.66. The van der Waals surface area contributed by atoms with Crippen molar-refractivity contribution in [1.29, 1.82) is 0 Å². The van der Waals surface area contributed by atoms with Gasteiger partial charge in [0.2, 0.25) is 0 Å². The van der Waals surface area contributed by atoms with E-state index in [1.807, 2.05) is 24.3 Å². The van der Waals surface area contributed by atoms with E-state index in [0.29, 0.717) is 26.3 Å². The number of rotatable bonds is 8. The molecule has 0 radical (unpaired) electrons. The molecule has 1 heterocycles. The van der Waals surface area contributed by atoms with Gasteiger partial charge in [-0.15, -0.1) is 0 Å². The summed E-state index contributed by atoms with van der Waals surface area (Å²) in [5.41, 5.74) is 0.978. The molecule has 0 N–H and O–H groups in total. The first-order valence-electron chi connectivity index (χ1n) is 8.33. The fourth-order valence-electron chi connectivity index (χ4n) is 2.65. The van der Waals surface area contributed by atoms with Crippen molar-refractivity contribution in [2.45, 2.75) is 38.8 Å². The van der Waals surface area contributed by atoms with E-state index in [4.69, 9.17) is 14.2 Å². The Morgan fingerprint density at radius 3 is 2.62 bits per heavy atom. The molecule has 0 spiro atoms. The maximum absolute atomic E-state index is 12.7. The third-order valence-electron chi connectivity index (χ3n) is 3.94. The molecule has 1 saturated heterocycles. The van der Waals surface area contributed by atoms with Crippen LogP contribution in [0.25, 0.3) is 0 Å². The number of hydrogen-bond acceptors (Lipinski definition) is 5. The van der Waals surface area contributed by atoms with E-state index in [1.165, 1.54) is 0 Å². The number of carbonyl (C=O) groups is 2. The van der Waals surface area contributed by atoms with Crippen molar-refractivity contribution >= 4 is 11.9 Å². The molecule has 1 aromatic carbocycles. The number of nitrogens with zero attached hydrogens (tertiary/aromatic N) is 1. The van der Waals surface area contributed by atoms with Gasteiger partial charge in [0.25, 0.3) is 5.91 Å². The highest BCUT2D eigenvalue weighted by atomic mass is 16.5. The average molecular weight is 335 g/mol. The van der Waals surface area contributed by atoms with E-state index in [1.54, 1.807) is 18.9 Å². The summed E-state index contributed by atoms with van der Waals surface area (Å²) in [6.07, 6.45) is 1.41. The lowest BCUT2D eigenvalue weighted by Gasteiger charge is -2.25. The second-order valence-electron chi connectivity index (χ2n) is 5.66. The highest BCUT2D eigenvalue weighted by Gasteiger charge is 2.28. The minimum atomic E-state index is -0.398. The molecule has 24 heavy (non-hydrogen) atoms. The zero-order valence-corrected chi connectivity index (χ0v) is 14.3. The zero-order chi connectivity index (χ0) is 17.4. The first kappa shape index (κ1) is 18.3. The first-order valence-corrected chi connectivity index (χ1v) is 8.33. The maximum atomic E-state index is 12.7. The normalized spacial score (nSPS) is 16.7. The maximum Gasteiger partial charge on any atom is 0.307 e. The highest BCUT2D eigenvalue weighted by molar-refractivity contribution is 5.81. The summed E-state index contributed by atoms with van der Waals surface area (Å²) in [7, 11) is 1.61. The highest BCUT2D eigenvalue weighted by Crippen LogP contribution is 2.18. The summed E-state index contributed by atoms with van der Waals surface area (Å²) >= 11 is 0. The largest absolute Gasteiger partial charge is 0.497 e. The van der Waals surface area contributed by atoms with Crippen molar-refractivity contribution in [1.82, 2.24) is 4.90 Å². The number of benzene rings is 1. The Morgan fingerprint density at radius 2 is 2.04 bits per heavy atom. The minimum Gasteiger partial charge on any atom is -0.497 e. The van der Waals surface area contributed by atoms with Crippen LogP contribution in [0.3, 0.4) is 0 Å². The van der Waals surface area contributed by atoms with Gasteiger partial charge in [0.05, 0.1) is 20.1 Å². The van der Waals surface area contributed by atoms with Crippen LogP contribution < -0.4 is 4.74 Å². The Labute approximate surface area is 142 Å². The SMILES string of the molecule is CCOC(=O)CCN(Cc1ccc(OC)cc1)C(=O)C1CCCO1. The van der Waals surface area contributed by atoms with Gasteiger partial charge in [0, 0.05) is 19.7 Å². The summed E-state index contributed by atoms with van der Waals surface area (Å²) in [6, 6.07) is 7.54. The number of carbonyl (C=O) groups excluding carboxylic acids is 2. The molecule has 0 aliphatic carbocycles. The number of amides is 1. The third-order valence-corrected chi connectivity index (χ3v) is 3.94.